The highest BCUT2D eigenvalue weighted by atomic mass is 16.3. The Hall–Kier alpha value is -11.9. The van der Waals surface area contributed by atoms with Gasteiger partial charge in [0.05, 0.1) is 62.2 Å². The smallest absolute Gasteiger partial charge is 0.252 e. The predicted octanol–water partition coefficient (Wildman–Crippen LogP) is 21.8. The van der Waals surface area contributed by atoms with Crippen LogP contribution in [-0.2, 0) is 5.41 Å². The molecule has 0 N–H and O–H groups in total. The van der Waals surface area contributed by atoms with E-state index in [0.29, 0.717) is 83.9 Å². The van der Waals surface area contributed by atoms with Crippen LogP contribution in [0.1, 0.15) is 55.1 Å². The van der Waals surface area contributed by atoms with Gasteiger partial charge < -0.3 is 23.4 Å². The Morgan fingerprint density at radius 1 is 0.340 bits per heavy atom. The molecule has 2 aliphatic heterocycles. The average molecular weight is 1220 g/mol. The van der Waals surface area contributed by atoms with Crippen molar-refractivity contribution in [1.82, 2.24) is 9.13 Å². The Morgan fingerprint density at radius 2 is 0.819 bits per heavy atom. The Balaban J connectivity index is 1.07. The molecule has 3 aromatic heterocycles. The summed E-state index contributed by atoms with van der Waals surface area (Å²) in [7, 11) is 0. The molecule has 0 spiro atoms. The number of hydrogen-bond donors (Lipinski definition) is 0. The first-order chi connectivity index (χ1) is 55.0. The van der Waals surface area contributed by atoms with Crippen LogP contribution >= 0.6 is 0 Å². The molecule has 5 heterocycles. The van der Waals surface area contributed by atoms with Crippen molar-refractivity contribution in [2.75, 3.05) is 9.80 Å². The molecule has 0 bridgehead atoms. The number of nitrogens with zero attached hydrogens (tertiary/aromatic N) is 4. The van der Waals surface area contributed by atoms with Crippen LogP contribution in [0.4, 0.5) is 34.1 Å². The van der Waals surface area contributed by atoms with Crippen molar-refractivity contribution in [1.29, 1.82) is 0 Å². The molecule has 0 fully saturated rings. The first-order valence-corrected chi connectivity index (χ1v) is 31.0. The third-order valence-electron chi connectivity index (χ3n) is 18.4. The topological polar surface area (TPSA) is 29.5 Å². The van der Waals surface area contributed by atoms with Gasteiger partial charge in [-0.05, 0) is 152 Å². The maximum Gasteiger partial charge on any atom is 0.252 e. The van der Waals surface area contributed by atoms with E-state index >= 15 is 0 Å². The molecule has 0 amide bonds. The van der Waals surface area contributed by atoms with Crippen molar-refractivity contribution < 1.29 is 33.2 Å². The second-order valence-corrected chi connectivity index (χ2v) is 24.7. The van der Waals surface area contributed by atoms with Crippen LogP contribution in [0.25, 0.3) is 121 Å². The Kier molecular flexibility index (Phi) is 8.17. The highest BCUT2D eigenvalue weighted by molar-refractivity contribution is 7.00. The lowest BCUT2D eigenvalue weighted by molar-refractivity contribution is 0.591. The highest BCUT2D eigenvalue weighted by Crippen LogP contribution is 2.54. The summed E-state index contributed by atoms with van der Waals surface area (Å²) in [5.74, 6) is 0. The zero-order chi connectivity index (χ0) is 80.6. The maximum absolute atomic E-state index is 11.6. The minimum absolute atomic E-state index is 0.00131. The molecule has 0 unspecified atom stereocenters. The SMILES string of the molecule is [2H]c1cc(-n2c3c([2H])c([2H])c([2H])c([2H])c3c3c([2H])c([2H])c([2H])c([2H])c32)c([2H])c2c1B1c3c(cc(-c4ccc5oc6ccccc6c5c4)cc3N2c2c(-c3ccccc3)cc(C(C)(C)C)cc2-c2ccccc2)N(c2ccccc2-c2ccccc2)c2c([2H])c(-n3c4c([2H])c([2H])c([2H])c([2H])c4c4c([2H])c([2H])c([2H])c([2H])c43)c([2H])c([2H])c21. The van der Waals surface area contributed by atoms with Gasteiger partial charge in [-0.2, -0.15) is 0 Å². The monoisotopic (exact) mass is 1220 g/mol. The molecule has 17 aromatic rings. The van der Waals surface area contributed by atoms with Gasteiger partial charge in [0.15, 0.2) is 0 Å². The van der Waals surface area contributed by atoms with Crippen LogP contribution in [0, 0.1) is 0 Å². The number of para-hydroxylation sites is 6. The summed E-state index contributed by atoms with van der Waals surface area (Å²) in [5, 5.41) is 0.315. The highest BCUT2D eigenvalue weighted by Gasteiger charge is 2.46. The molecule has 6 heteroatoms. The third-order valence-corrected chi connectivity index (χ3v) is 18.4. The summed E-state index contributed by atoms with van der Waals surface area (Å²) in [6.45, 7) is 4.79. The number of benzene rings is 14. The van der Waals surface area contributed by atoms with Gasteiger partial charge in [0.1, 0.15) is 11.2 Å². The molecule has 0 saturated heterocycles. The third kappa shape index (κ3) is 8.22. The zero-order valence-electron chi connectivity index (χ0n) is 71.7. The van der Waals surface area contributed by atoms with Crippen molar-refractivity contribution in [2.24, 2.45) is 0 Å². The second-order valence-electron chi connectivity index (χ2n) is 24.7. The molecule has 0 radical (unpaired) electrons. The van der Waals surface area contributed by atoms with Crippen LogP contribution in [0.3, 0.4) is 0 Å². The lowest BCUT2D eigenvalue weighted by Crippen LogP contribution is -2.61. The van der Waals surface area contributed by atoms with Gasteiger partial charge >= 0.3 is 0 Å². The summed E-state index contributed by atoms with van der Waals surface area (Å²) in [6, 6.07) is 45.1. The van der Waals surface area contributed by atoms with E-state index in [9.17, 15) is 23.3 Å². The summed E-state index contributed by atoms with van der Waals surface area (Å²) in [5.41, 5.74) is 5.92. The fourth-order valence-electron chi connectivity index (χ4n) is 14.2. The van der Waals surface area contributed by atoms with E-state index < -0.39 is 150 Å². The van der Waals surface area contributed by atoms with Crippen molar-refractivity contribution in [2.45, 2.75) is 26.2 Å². The first-order valence-electron chi connectivity index (χ1n) is 41.5. The normalized spacial score (nSPS) is 15.9. The molecule has 0 aliphatic carbocycles. The quantitative estimate of drug-likeness (QED) is 0.142. The number of fused-ring (bicyclic) bond motifs is 13. The van der Waals surface area contributed by atoms with Crippen molar-refractivity contribution in [3.05, 3.63) is 321 Å². The Morgan fingerprint density at radius 3 is 1.41 bits per heavy atom. The summed E-state index contributed by atoms with van der Waals surface area (Å²) < 4.78 is 216. The molecule has 14 aromatic carbocycles. The summed E-state index contributed by atoms with van der Waals surface area (Å²) in [6.07, 6.45) is 0. The fourth-order valence-corrected chi connectivity index (χ4v) is 14.2. The lowest BCUT2D eigenvalue weighted by Gasteiger charge is -2.46. The van der Waals surface area contributed by atoms with Gasteiger partial charge in [-0.25, -0.2) is 0 Å². The molecular formula is C88H61BN4O. The number of anilines is 6. The average Bonchev–Trinajstić information content (AvgIpc) is 1.64. The molecule has 19 rings (SSSR count). The van der Waals surface area contributed by atoms with E-state index in [2.05, 4.69) is 32.9 Å². The molecule has 442 valence electrons. The molecule has 94 heavy (non-hydrogen) atoms. The standard InChI is InChI=1S/C88H61BN4O/c1-88(2,3)61-52-70(57-27-9-5-10-28-57)87(71(53-61)58-29-11-6-12-30-58)93-81-55-63(91-78-40-22-16-34-67(78)68-35-17-23-41-79(68)91)45-47-74(81)89-73-46-44-62(90-76-38-20-14-32-65(76)66-33-15-21-39-77(66)90)54-80(73)92(75-37-19-13-31-64(75)56-25-7-4-8-26-56)82-50-60(51-83(93)86(82)89)59-43-48-85-72(49-59)69-36-18-24-42-84(69)94-85/h4-55H,1-3H3/i14D,15D,16D,17D,20D,21D,22D,23D,32D,33D,34D,35D,38D,39D,40D,41D,44D,46D,47D,54D,55D. The zero-order valence-corrected chi connectivity index (χ0v) is 50.7. The van der Waals surface area contributed by atoms with E-state index in [1.54, 1.807) is 0 Å². The van der Waals surface area contributed by atoms with Gasteiger partial charge in [-0.15, -0.1) is 0 Å². The fraction of sp³-hybridized carbons (Fsp3) is 0.0455. The predicted molar refractivity (Wildman–Crippen MR) is 397 cm³/mol. The molecule has 0 atom stereocenters. The molecular weight excluding hydrogens is 1140 g/mol. The molecule has 0 saturated carbocycles. The van der Waals surface area contributed by atoms with E-state index in [4.69, 9.17) is 9.90 Å². The van der Waals surface area contributed by atoms with Crippen molar-refractivity contribution >= 4 is 123 Å². The second kappa shape index (κ2) is 20.8. The summed E-state index contributed by atoms with van der Waals surface area (Å²) >= 11 is 0. The van der Waals surface area contributed by atoms with Crippen LogP contribution in [-0.4, -0.2) is 15.8 Å². The number of hydrogen-bond acceptors (Lipinski definition) is 3. The van der Waals surface area contributed by atoms with Crippen LogP contribution in [0.5, 0.6) is 0 Å². The number of rotatable bonds is 8. The van der Waals surface area contributed by atoms with Crippen LogP contribution in [0.15, 0.2) is 319 Å². The Labute approximate surface area is 575 Å². The maximum atomic E-state index is 11.6. The van der Waals surface area contributed by atoms with Gasteiger partial charge in [-0.3, -0.25) is 0 Å². The van der Waals surface area contributed by atoms with Crippen LogP contribution in [0.2, 0.25) is 0 Å². The van der Waals surface area contributed by atoms with E-state index in [0.717, 1.165) is 20.9 Å². The van der Waals surface area contributed by atoms with Crippen LogP contribution < -0.4 is 26.2 Å². The minimum Gasteiger partial charge on any atom is -0.456 e. The van der Waals surface area contributed by atoms with E-state index in [-0.39, 0.29) is 66.6 Å². The van der Waals surface area contributed by atoms with E-state index in [1.165, 1.54) is 10.6 Å². The largest absolute Gasteiger partial charge is 0.456 e. The summed E-state index contributed by atoms with van der Waals surface area (Å²) in [4.78, 5) is 3.75. The minimum atomic E-state index is -1.52. The molecule has 5 nitrogen and oxygen atoms in total. The van der Waals surface area contributed by atoms with Crippen molar-refractivity contribution in [3.8, 4) is 55.9 Å². The molecule has 2 aliphatic rings. The van der Waals surface area contributed by atoms with E-state index in [1.807, 2.05) is 180 Å². The van der Waals surface area contributed by atoms with Gasteiger partial charge in [0, 0.05) is 83.1 Å². The Bertz CT molecular complexity index is 7030. The van der Waals surface area contributed by atoms with Crippen molar-refractivity contribution in [3.63, 3.8) is 0 Å². The lowest BCUT2D eigenvalue weighted by atomic mass is 9.33. The van der Waals surface area contributed by atoms with Gasteiger partial charge in [0.2, 0.25) is 0 Å². The van der Waals surface area contributed by atoms with Gasteiger partial charge in [0.25, 0.3) is 6.71 Å². The van der Waals surface area contributed by atoms with Gasteiger partial charge in [-0.1, -0.05) is 239 Å². The number of furan rings is 1. The number of aromatic nitrogens is 2. The first kappa shape index (κ1) is 36.9.